The standard InChI is InChI=1S/C27H34O10/c1-15-16(2)24(36-27-23(33)21(31)22(32)25(37-27)26(34)35)18(17(3)20(15)30)13-11-9-7-5-4-6-8-10-12-14-19(28)29/h21-23,25,27,30-33H,6-11,13H2,1-3H3,(H,28,29)(H,34,35)/t21-,22-,23+,25-,27+/m0/s1. The summed E-state index contributed by atoms with van der Waals surface area (Å²) in [6.45, 7) is 5.15. The normalized spacial score (nSPS) is 22.8. The topological polar surface area (TPSA) is 174 Å². The Morgan fingerprint density at radius 2 is 1.46 bits per heavy atom. The summed E-state index contributed by atoms with van der Waals surface area (Å²) in [7, 11) is 0. The van der Waals surface area contributed by atoms with Crippen LogP contribution in [-0.4, -0.2) is 73.3 Å². The van der Waals surface area contributed by atoms with Crippen LogP contribution < -0.4 is 4.74 Å². The summed E-state index contributed by atoms with van der Waals surface area (Å²) < 4.78 is 11.2. The van der Waals surface area contributed by atoms with Crippen LogP contribution in [0.3, 0.4) is 0 Å². The molecule has 37 heavy (non-hydrogen) atoms. The maximum Gasteiger partial charge on any atom is 0.381 e. The first-order chi connectivity index (χ1) is 17.5. The van der Waals surface area contributed by atoms with Crippen molar-refractivity contribution >= 4 is 11.9 Å². The molecule has 6 N–H and O–H groups in total. The molecule has 2 rings (SSSR count). The number of ether oxygens (including phenoxy) is 2. The molecule has 0 radical (unpaired) electrons. The molecule has 0 spiro atoms. The lowest BCUT2D eigenvalue weighted by Gasteiger charge is -2.39. The van der Waals surface area contributed by atoms with E-state index in [2.05, 4.69) is 23.7 Å². The van der Waals surface area contributed by atoms with Gasteiger partial charge in [-0.15, -0.1) is 11.8 Å². The Morgan fingerprint density at radius 3 is 2.08 bits per heavy atom. The SMILES string of the molecule is Cc1c(C)c(O[C@@H]2O[C@H](C(=O)O)[C@@H](O)[C@H](O)[C@H]2O)c(CCCCC#CCCCC#CC(=O)O)c(C)c1O. The number of phenols is 1. The second kappa shape index (κ2) is 13.9. The average molecular weight is 519 g/mol. The summed E-state index contributed by atoms with van der Waals surface area (Å²) in [6, 6.07) is 0. The van der Waals surface area contributed by atoms with Crippen LogP contribution in [-0.2, 0) is 20.7 Å². The molecule has 10 heteroatoms. The van der Waals surface area contributed by atoms with Crippen LogP contribution in [0, 0.1) is 44.5 Å². The Labute approximate surface area is 215 Å². The highest BCUT2D eigenvalue weighted by Crippen LogP contribution is 2.39. The third-order valence-corrected chi connectivity index (χ3v) is 6.29. The van der Waals surface area contributed by atoms with E-state index in [0.29, 0.717) is 66.5 Å². The van der Waals surface area contributed by atoms with Gasteiger partial charge in [0.2, 0.25) is 6.29 Å². The molecule has 1 aromatic carbocycles. The monoisotopic (exact) mass is 518 g/mol. The minimum absolute atomic E-state index is 0.106. The van der Waals surface area contributed by atoms with Crippen molar-refractivity contribution in [2.45, 2.75) is 96.4 Å². The predicted molar refractivity (Wildman–Crippen MR) is 132 cm³/mol. The second-order valence-electron chi connectivity index (χ2n) is 8.91. The Bertz CT molecular complexity index is 1100. The smallest absolute Gasteiger partial charge is 0.381 e. The third-order valence-electron chi connectivity index (χ3n) is 6.29. The first-order valence-electron chi connectivity index (χ1n) is 12.1. The molecule has 1 aromatic rings. The number of unbranched alkanes of at least 4 members (excludes halogenated alkanes) is 4. The van der Waals surface area contributed by atoms with E-state index in [9.17, 15) is 35.1 Å². The molecule has 1 saturated heterocycles. The number of carbonyl (C=O) groups is 2. The molecule has 0 unspecified atom stereocenters. The summed E-state index contributed by atoms with van der Waals surface area (Å²) in [6.07, 6.45) is -4.25. The van der Waals surface area contributed by atoms with E-state index in [4.69, 9.17) is 14.6 Å². The van der Waals surface area contributed by atoms with Crippen molar-refractivity contribution < 1.29 is 49.7 Å². The van der Waals surface area contributed by atoms with Gasteiger partial charge in [-0.25, -0.2) is 9.59 Å². The highest BCUT2D eigenvalue weighted by atomic mass is 16.7. The van der Waals surface area contributed by atoms with Crippen molar-refractivity contribution in [2.75, 3.05) is 0 Å². The van der Waals surface area contributed by atoms with Gasteiger partial charge in [-0.3, -0.25) is 0 Å². The summed E-state index contributed by atoms with van der Waals surface area (Å²) in [4.78, 5) is 21.8. The zero-order chi connectivity index (χ0) is 27.7. The molecule has 10 nitrogen and oxygen atoms in total. The van der Waals surface area contributed by atoms with E-state index in [1.807, 2.05) is 0 Å². The van der Waals surface area contributed by atoms with Crippen molar-refractivity contribution in [3.8, 4) is 35.2 Å². The number of aliphatic hydroxyl groups excluding tert-OH is 3. The molecule has 1 aliphatic heterocycles. The largest absolute Gasteiger partial charge is 0.507 e. The quantitative estimate of drug-likeness (QED) is 0.208. The second-order valence-corrected chi connectivity index (χ2v) is 8.91. The molecule has 0 aromatic heterocycles. The van der Waals surface area contributed by atoms with Gasteiger partial charge < -0.3 is 40.1 Å². The molecular weight excluding hydrogens is 484 g/mol. The maximum atomic E-state index is 11.4. The number of carboxylic acids is 2. The Morgan fingerprint density at radius 1 is 0.838 bits per heavy atom. The molecule has 1 fully saturated rings. The number of carboxylic acid groups (broad SMARTS) is 2. The van der Waals surface area contributed by atoms with Crippen LogP contribution in [0.2, 0.25) is 0 Å². The van der Waals surface area contributed by atoms with Crippen LogP contribution in [0.15, 0.2) is 0 Å². The van der Waals surface area contributed by atoms with Crippen LogP contribution in [0.4, 0.5) is 0 Å². The third kappa shape index (κ3) is 7.85. The fourth-order valence-electron chi connectivity index (χ4n) is 3.99. The number of hydrogen-bond donors (Lipinski definition) is 6. The van der Waals surface area contributed by atoms with Crippen LogP contribution >= 0.6 is 0 Å². The summed E-state index contributed by atoms with van der Waals surface area (Å²) in [5, 5.41) is 58.8. The summed E-state index contributed by atoms with van der Waals surface area (Å²) >= 11 is 0. The van der Waals surface area contributed by atoms with Gasteiger partial charge in [0.15, 0.2) is 6.10 Å². The number of aromatic hydroxyl groups is 1. The predicted octanol–water partition coefficient (Wildman–Crippen LogP) is 1.56. The first-order valence-corrected chi connectivity index (χ1v) is 12.1. The van der Waals surface area contributed by atoms with E-state index in [0.717, 1.165) is 6.42 Å². The van der Waals surface area contributed by atoms with E-state index in [1.165, 1.54) is 0 Å². The molecule has 202 valence electrons. The minimum atomic E-state index is -1.82. The lowest BCUT2D eigenvalue weighted by atomic mass is 9.93. The fourth-order valence-corrected chi connectivity index (χ4v) is 3.99. The Hall–Kier alpha value is -3.28. The number of hydrogen-bond acceptors (Lipinski definition) is 8. The summed E-state index contributed by atoms with van der Waals surface area (Å²) in [5.74, 6) is 8.50. The van der Waals surface area contributed by atoms with Gasteiger partial charge in [0, 0.05) is 30.7 Å². The van der Waals surface area contributed by atoms with Gasteiger partial charge in [-0.2, -0.15) is 0 Å². The number of aliphatic hydroxyl groups is 3. The van der Waals surface area contributed by atoms with Crippen LogP contribution in [0.1, 0.15) is 60.8 Å². The molecule has 0 saturated carbocycles. The molecule has 1 aliphatic rings. The fraction of sp³-hybridized carbons (Fsp3) is 0.556. The van der Waals surface area contributed by atoms with Crippen molar-refractivity contribution in [1.29, 1.82) is 0 Å². The summed E-state index contributed by atoms with van der Waals surface area (Å²) in [5.41, 5.74) is 2.36. The van der Waals surface area contributed by atoms with E-state index >= 15 is 0 Å². The molecular formula is C27H34O10. The van der Waals surface area contributed by atoms with Gasteiger partial charge in [-0.05, 0) is 63.1 Å². The number of phenolic OH excluding ortho intramolecular Hbond substituents is 1. The number of rotatable bonds is 9. The highest BCUT2D eigenvalue weighted by molar-refractivity contribution is 5.86. The molecule has 5 atom stereocenters. The van der Waals surface area contributed by atoms with Gasteiger partial charge in [0.05, 0.1) is 0 Å². The zero-order valence-electron chi connectivity index (χ0n) is 21.2. The van der Waals surface area contributed by atoms with E-state index < -0.39 is 42.6 Å². The van der Waals surface area contributed by atoms with Crippen LogP contribution in [0.25, 0.3) is 0 Å². The lowest BCUT2D eigenvalue weighted by Crippen LogP contribution is -2.61. The zero-order valence-corrected chi connectivity index (χ0v) is 21.2. The van der Waals surface area contributed by atoms with Gasteiger partial charge in [0.25, 0.3) is 0 Å². The van der Waals surface area contributed by atoms with Crippen molar-refractivity contribution in [3.05, 3.63) is 22.3 Å². The van der Waals surface area contributed by atoms with Crippen molar-refractivity contribution in [3.63, 3.8) is 0 Å². The minimum Gasteiger partial charge on any atom is -0.507 e. The van der Waals surface area contributed by atoms with Crippen molar-refractivity contribution in [1.82, 2.24) is 0 Å². The molecule has 0 amide bonds. The van der Waals surface area contributed by atoms with Crippen molar-refractivity contribution in [2.24, 2.45) is 0 Å². The highest BCUT2D eigenvalue weighted by Gasteiger charge is 2.48. The maximum absolute atomic E-state index is 11.4. The lowest BCUT2D eigenvalue weighted by molar-refractivity contribution is -0.271. The number of benzene rings is 1. The first kappa shape index (κ1) is 29.9. The molecule has 0 bridgehead atoms. The van der Waals surface area contributed by atoms with E-state index in [1.54, 1.807) is 20.8 Å². The Balaban J connectivity index is 2.08. The van der Waals surface area contributed by atoms with E-state index in [-0.39, 0.29) is 5.75 Å². The average Bonchev–Trinajstić information content (AvgIpc) is 2.85. The van der Waals surface area contributed by atoms with Gasteiger partial charge >= 0.3 is 11.9 Å². The van der Waals surface area contributed by atoms with Gasteiger partial charge in [-0.1, -0.05) is 5.92 Å². The molecule has 1 heterocycles. The van der Waals surface area contributed by atoms with Gasteiger partial charge in [0.1, 0.15) is 29.8 Å². The number of aliphatic carboxylic acids is 2. The molecule has 0 aliphatic carbocycles. The van der Waals surface area contributed by atoms with Crippen LogP contribution in [0.5, 0.6) is 11.5 Å². The Kier molecular flexibility index (Phi) is 11.2.